The summed E-state index contributed by atoms with van der Waals surface area (Å²) in [7, 11) is 1.96. The third-order valence-corrected chi connectivity index (χ3v) is 2.26. The summed E-state index contributed by atoms with van der Waals surface area (Å²) in [5, 5.41) is 0.738. The topological polar surface area (TPSA) is 17.8 Å². The minimum Gasteiger partial charge on any atom is -0.322 e. The van der Waals surface area contributed by atoms with E-state index in [1.807, 2.05) is 11.6 Å². The van der Waals surface area contributed by atoms with Gasteiger partial charge in [-0.2, -0.15) is 0 Å². The molecule has 0 aromatic carbocycles. The highest BCUT2D eigenvalue weighted by Gasteiger charge is 2.27. The van der Waals surface area contributed by atoms with Crippen LogP contribution in [0, 0.1) is 0 Å². The highest BCUT2D eigenvalue weighted by Crippen LogP contribution is 2.39. The quantitative estimate of drug-likeness (QED) is 0.608. The predicted octanol–water partition coefficient (Wildman–Crippen LogP) is 1.95. The molecule has 10 heavy (non-hydrogen) atoms. The summed E-state index contributed by atoms with van der Waals surface area (Å²) >= 11 is 5.80. The SMILES string of the molecule is Cn1c(Cl)cnc1C1CC1. The van der Waals surface area contributed by atoms with Gasteiger partial charge in [0.1, 0.15) is 11.0 Å². The molecule has 0 saturated heterocycles. The number of hydrogen-bond donors (Lipinski definition) is 0. The largest absolute Gasteiger partial charge is 0.322 e. The molecule has 0 spiro atoms. The summed E-state index contributed by atoms with van der Waals surface area (Å²) in [5.74, 6) is 1.84. The van der Waals surface area contributed by atoms with Gasteiger partial charge < -0.3 is 4.57 Å². The summed E-state index contributed by atoms with van der Waals surface area (Å²) < 4.78 is 1.96. The van der Waals surface area contributed by atoms with Gasteiger partial charge in [0.2, 0.25) is 0 Å². The number of rotatable bonds is 1. The van der Waals surface area contributed by atoms with Gasteiger partial charge in [0, 0.05) is 13.0 Å². The number of nitrogens with zero attached hydrogens (tertiary/aromatic N) is 2. The van der Waals surface area contributed by atoms with E-state index in [-0.39, 0.29) is 0 Å². The van der Waals surface area contributed by atoms with E-state index in [2.05, 4.69) is 4.98 Å². The van der Waals surface area contributed by atoms with Crippen molar-refractivity contribution in [2.45, 2.75) is 18.8 Å². The lowest BCUT2D eigenvalue weighted by Crippen LogP contribution is -1.94. The Labute approximate surface area is 64.8 Å². The first-order valence-corrected chi connectivity index (χ1v) is 3.84. The molecule has 0 bridgehead atoms. The lowest BCUT2D eigenvalue weighted by Gasteiger charge is -1.97. The first kappa shape index (κ1) is 6.23. The molecule has 0 radical (unpaired) electrons. The summed E-state index contributed by atoms with van der Waals surface area (Å²) in [6.07, 6.45) is 4.28. The molecule has 1 heterocycles. The Kier molecular flexibility index (Phi) is 1.24. The minimum atomic E-state index is 0.692. The Morgan fingerprint density at radius 2 is 2.40 bits per heavy atom. The molecule has 1 fully saturated rings. The zero-order chi connectivity index (χ0) is 7.14. The van der Waals surface area contributed by atoms with Crippen LogP contribution in [0.1, 0.15) is 24.6 Å². The third-order valence-electron chi connectivity index (χ3n) is 1.91. The van der Waals surface area contributed by atoms with Crippen LogP contribution in [0.4, 0.5) is 0 Å². The second kappa shape index (κ2) is 1.99. The van der Waals surface area contributed by atoms with Gasteiger partial charge in [-0.15, -0.1) is 0 Å². The molecule has 1 aliphatic carbocycles. The van der Waals surface area contributed by atoms with Crippen LogP contribution in [0.5, 0.6) is 0 Å². The third kappa shape index (κ3) is 0.833. The number of imidazole rings is 1. The Balaban J connectivity index is 2.40. The molecule has 0 unspecified atom stereocenters. The molecule has 0 N–H and O–H groups in total. The van der Waals surface area contributed by atoms with E-state index < -0.39 is 0 Å². The second-order valence-electron chi connectivity index (χ2n) is 2.77. The van der Waals surface area contributed by atoms with E-state index in [4.69, 9.17) is 11.6 Å². The molecule has 0 amide bonds. The monoisotopic (exact) mass is 156 g/mol. The van der Waals surface area contributed by atoms with Crippen molar-refractivity contribution in [1.29, 1.82) is 0 Å². The van der Waals surface area contributed by atoms with Gasteiger partial charge in [0.25, 0.3) is 0 Å². The maximum Gasteiger partial charge on any atom is 0.128 e. The Bertz CT molecular complexity index is 250. The zero-order valence-corrected chi connectivity index (χ0v) is 6.60. The van der Waals surface area contributed by atoms with Crippen LogP contribution in [0.25, 0.3) is 0 Å². The molecule has 0 atom stereocenters. The van der Waals surface area contributed by atoms with Crippen LogP contribution in [0.2, 0.25) is 5.15 Å². The summed E-state index contributed by atoms with van der Waals surface area (Å²) in [5.41, 5.74) is 0. The standard InChI is InChI=1S/C7H9ClN2/c1-10-6(8)4-9-7(10)5-2-3-5/h4-5H,2-3H2,1H3. The van der Waals surface area contributed by atoms with E-state index >= 15 is 0 Å². The van der Waals surface area contributed by atoms with Crippen molar-refractivity contribution < 1.29 is 0 Å². The van der Waals surface area contributed by atoms with Crippen LogP contribution in [0.3, 0.4) is 0 Å². The van der Waals surface area contributed by atoms with Crippen molar-refractivity contribution in [3.05, 3.63) is 17.2 Å². The Morgan fingerprint density at radius 1 is 1.70 bits per heavy atom. The maximum absolute atomic E-state index is 5.80. The first-order valence-electron chi connectivity index (χ1n) is 3.46. The molecule has 2 nitrogen and oxygen atoms in total. The van der Waals surface area contributed by atoms with Crippen LogP contribution in [0.15, 0.2) is 6.20 Å². The van der Waals surface area contributed by atoms with E-state index in [1.165, 1.54) is 12.8 Å². The van der Waals surface area contributed by atoms with Gasteiger partial charge in [-0.1, -0.05) is 11.6 Å². The molecule has 2 rings (SSSR count). The minimum absolute atomic E-state index is 0.692. The maximum atomic E-state index is 5.80. The average molecular weight is 157 g/mol. The highest BCUT2D eigenvalue weighted by atomic mass is 35.5. The number of hydrogen-bond acceptors (Lipinski definition) is 1. The van der Waals surface area contributed by atoms with Gasteiger partial charge in [0.15, 0.2) is 0 Å². The predicted molar refractivity (Wildman–Crippen MR) is 40.2 cm³/mol. The molecule has 1 aromatic heterocycles. The average Bonchev–Trinajstić information content (AvgIpc) is 2.67. The molecule has 1 aromatic rings. The fourth-order valence-electron chi connectivity index (χ4n) is 1.12. The van der Waals surface area contributed by atoms with Crippen LogP contribution < -0.4 is 0 Å². The van der Waals surface area contributed by atoms with Crippen molar-refractivity contribution in [2.24, 2.45) is 7.05 Å². The molecular formula is C7H9ClN2. The fourth-order valence-corrected chi connectivity index (χ4v) is 1.26. The smallest absolute Gasteiger partial charge is 0.128 e. The lowest BCUT2D eigenvalue weighted by atomic mass is 10.4. The molecule has 1 aliphatic rings. The number of aromatic nitrogens is 2. The summed E-state index contributed by atoms with van der Waals surface area (Å²) in [6.45, 7) is 0. The van der Waals surface area contributed by atoms with Crippen LogP contribution in [-0.4, -0.2) is 9.55 Å². The zero-order valence-electron chi connectivity index (χ0n) is 5.84. The van der Waals surface area contributed by atoms with Gasteiger partial charge in [-0.05, 0) is 12.8 Å². The molecule has 1 saturated carbocycles. The van der Waals surface area contributed by atoms with E-state index in [9.17, 15) is 0 Å². The number of halogens is 1. The summed E-state index contributed by atoms with van der Waals surface area (Å²) in [6, 6.07) is 0. The molecule has 54 valence electrons. The highest BCUT2D eigenvalue weighted by molar-refractivity contribution is 6.29. The van der Waals surface area contributed by atoms with Gasteiger partial charge in [-0.3, -0.25) is 0 Å². The van der Waals surface area contributed by atoms with Crippen molar-refractivity contribution in [1.82, 2.24) is 9.55 Å². The van der Waals surface area contributed by atoms with E-state index in [1.54, 1.807) is 6.20 Å². The summed E-state index contributed by atoms with van der Waals surface area (Å²) in [4.78, 5) is 4.21. The first-order chi connectivity index (χ1) is 4.79. The van der Waals surface area contributed by atoms with E-state index in [0.717, 1.165) is 11.0 Å². The van der Waals surface area contributed by atoms with Crippen molar-refractivity contribution in [3.8, 4) is 0 Å². The normalized spacial score (nSPS) is 17.8. The Hall–Kier alpha value is -0.500. The van der Waals surface area contributed by atoms with Crippen LogP contribution in [-0.2, 0) is 7.05 Å². The van der Waals surface area contributed by atoms with Crippen LogP contribution >= 0.6 is 11.6 Å². The van der Waals surface area contributed by atoms with Gasteiger partial charge >= 0.3 is 0 Å². The van der Waals surface area contributed by atoms with Crippen molar-refractivity contribution in [3.63, 3.8) is 0 Å². The van der Waals surface area contributed by atoms with Gasteiger partial charge in [0.05, 0.1) is 6.20 Å². The Morgan fingerprint density at radius 3 is 2.80 bits per heavy atom. The van der Waals surface area contributed by atoms with Crippen molar-refractivity contribution in [2.75, 3.05) is 0 Å². The van der Waals surface area contributed by atoms with Gasteiger partial charge in [-0.25, -0.2) is 4.98 Å². The molecule has 3 heteroatoms. The fraction of sp³-hybridized carbons (Fsp3) is 0.571. The van der Waals surface area contributed by atoms with Crippen molar-refractivity contribution >= 4 is 11.6 Å². The van der Waals surface area contributed by atoms with E-state index in [0.29, 0.717) is 5.92 Å². The molecular weight excluding hydrogens is 148 g/mol. The lowest BCUT2D eigenvalue weighted by molar-refractivity contribution is 0.800. The second-order valence-corrected chi connectivity index (χ2v) is 3.16. The molecule has 0 aliphatic heterocycles.